The molecule has 18 heavy (non-hydrogen) atoms. The lowest BCUT2D eigenvalue weighted by Gasteiger charge is -2.21. The fraction of sp³-hybridized carbons (Fsp3) is 0.538. The molecule has 0 saturated heterocycles. The van der Waals surface area contributed by atoms with Crippen molar-refractivity contribution in [3.8, 4) is 0 Å². The van der Waals surface area contributed by atoms with E-state index in [0.29, 0.717) is 16.7 Å². The Morgan fingerprint density at radius 2 is 1.94 bits per heavy atom. The number of benzene rings is 1. The number of aliphatic hydroxyl groups is 1. The minimum atomic E-state index is -2.38. The van der Waals surface area contributed by atoms with Gasteiger partial charge < -0.3 is 10.4 Å². The van der Waals surface area contributed by atoms with E-state index < -0.39 is 5.76 Å². The maximum atomic E-state index is 12.2. The summed E-state index contributed by atoms with van der Waals surface area (Å²) in [6, 6.07) is 7.25. The highest BCUT2D eigenvalue weighted by Gasteiger charge is 2.42. The monoisotopic (exact) mass is 273 g/mol. The lowest BCUT2D eigenvalue weighted by atomic mass is 10.1. The molecule has 0 amide bonds. The van der Waals surface area contributed by atoms with Crippen LogP contribution >= 0.6 is 11.8 Å². The number of thioether (sulfide) groups is 1. The van der Waals surface area contributed by atoms with Gasteiger partial charge in [0.15, 0.2) is 0 Å². The Hall–Kier alpha value is -0.650. The average Bonchev–Trinajstić information content (AvgIpc) is 3.09. The standard InChI is InChI=1S/C13H17F2NOS/c1-9(16-13(8-17)6-7-13)10-2-4-11(5-3-10)18-12(14)15/h2-5,9,12,16-17H,6-8H2,1H3. The van der Waals surface area contributed by atoms with Gasteiger partial charge in [0.2, 0.25) is 0 Å². The second kappa shape index (κ2) is 5.55. The Morgan fingerprint density at radius 3 is 2.39 bits per heavy atom. The number of aliphatic hydroxyl groups excluding tert-OH is 1. The number of halogens is 2. The van der Waals surface area contributed by atoms with Crippen LogP contribution in [-0.4, -0.2) is 23.0 Å². The second-order valence-electron chi connectivity index (χ2n) is 4.75. The third-order valence-corrected chi connectivity index (χ3v) is 4.01. The van der Waals surface area contributed by atoms with Gasteiger partial charge in [-0.25, -0.2) is 0 Å². The molecule has 0 bridgehead atoms. The third kappa shape index (κ3) is 3.43. The quantitative estimate of drug-likeness (QED) is 0.781. The molecular formula is C13H17F2NOS. The van der Waals surface area contributed by atoms with E-state index in [0.717, 1.165) is 18.4 Å². The average molecular weight is 273 g/mol. The number of hydrogen-bond acceptors (Lipinski definition) is 3. The molecule has 1 aromatic carbocycles. The molecule has 1 aliphatic rings. The molecule has 0 aromatic heterocycles. The van der Waals surface area contributed by atoms with Crippen molar-refractivity contribution in [2.45, 2.75) is 42.0 Å². The van der Waals surface area contributed by atoms with Crippen LogP contribution < -0.4 is 5.32 Å². The number of alkyl halides is 2. The van der Waals surface area contributed by atoms with E-state index in [1.165, 1.54) is 0 Å². The van der Waals surface area contributed by atoms with Crippen molar-refractivity contribution in [3.63, 3.8) is 0 Å². The van der Waals surface area contributed by atoms with Gasteiger partial charge in [-0.05, 0) is 37.5 Å². The van der Waals surface area contributed by atoms with Crippen LogP contribution in [0, 0.1) is 0 Å². The van der Waals surface area contributed by atoms with Gasteiger partial charge in [0.05, 0.1) is 6.61 Å². The van der Waals surface area contributed by atoms with Gasteiger partial charge in [-0.3, -0.25) is 0 Å². The lowest BCUT2D eigenvalue weighted by Crippen LogP contribution is -2.36. The van der Waals surface area contributed by atoms with Crippen LogP contribution in [0.5, 0.6) is 0 Å². The van der Waals surface area contributed by atoms with Gasteiger partial charge in [-0.15, -0.1) is 0 Å². The summed E-state index contributed by atoms with van der Waals surface area (Å²) in [5, 5.41) is 12.6. The summed E-state index contributed by atoms with van der Waals surface area (Å²) in [6.45, 7) is 2.17. The molecule has 0 heterocycles. The number of hydrogen-bond donors (Lipinski definition) is 2. The van der Waals surface area contributed by atoms with Crippen molar-refractivity contribution in [1.82, 2.24) is 5.32 Å². The summed E-state index contributed by atoms with van der Waals surface area (Å²) >= 11 is 0.555. The fourth-order valence-corrected chi connectivity index (χ4v) is 2.48. The summed E-state index contributed by atoms with van der Waals surface area (Å²) in [4.78, 5) is 0.573. The minimum absolute atomic E-state index is 0.115. The molecule has 1 unspecified atom stereocenters. The Kier molecular flexibility index (Phi) is 4.25. The van der Waals surface area contributed by atoms with Crippen molar-refractivity contribution in [2.75, 3.05) is 6.61 Å². The summed E-state index contributed by atoms with van der Waals surface area (Å²) in [7, 11) is 0. The first kappa shape index (κ1) is 13.8. The zero-order valence-corrected chi connectivity index (χ0v) is 11.0. The highest BCUT2D eigenvalue weighted by atomic mass is 32.2. The SMILES string of the molecule is CC(NC1(CO)CC1)c1ccc(SC(F)F)cc1. The van der Waals surface area contributed by atoms with Gasteiger partial charge in [0, 0.05) is 16.5 Å². The van der Waals surface area contributed by atoms with Crippen molar-refractivity contribution in [1.29, 1.82) is 0 Å². The predicted octanol–water partition coefficient (Wildman–Crippen LogP) is 3.18. The molecule has 1 atom stereocenters. The molecular weight excluding hydrogens is 256 g/mol. The van der Waals surface area contributed by atoms with E-state index in [-0.39, 0.29) is 18.2 Å². The van der Waals surface area contributed by atoms with Crippen molar-refractivity contribution < 1.29 is 13.9 Å². The molecule has 1 saturated carbocycles. The predicted molar refractivity (Wildman–Crippen MR) is 68.9 cm³/mol. The first-order valence-corrected chi connectivity index (χ1v) is 6.86. The first-order valence-electron chi connectivity index (χ1n) is 5.98. The van der Waals surface area contributed by atoms with Crippen LogP contribution in [0.15, 0.2) is 29.2 Å². The van der Waals surface area contributed by atoms with Crippen LogP contribution in [0.25, 0.3) is 0 Å². The zero-order valence-electron chi connectivity index (χ0n) is 10.2. The van der Waals surface area contributed by atoms with Crippen LogP contribution in [0.1, 0.15) is 31.4 Å². The maximum Gasteiger partial charge on any atom is 0.288 e. The molecule has 0 spiro atoms. The summed E-state index contributed by atoms with van der Waals surface area (Å²) < 4.78 is 24.4. The number of nitrogens with one attached hydrogen (secondary N) is 1. The fourth-order valence-electron chi connectivity index (χ4n) is 1.98. The smallest absolute Gasteiger partial charge is 0.288 e. The van der Waals surface area contributed by atoms with E-state index in [4.69, 9.17) is 0 Å². The van der Waals surface area contributed by atoms with Crippen molar-refractivity contribution in [3.05, 3.63) is 29.8 Å². The van der Waals surface area contributed by atoms with E-state index in [1.807, 2.05) is 19.1 Å². The Morgan fingerprint density at radius 1 is 1.33 bits per heavy atom. The van der Waals surface area contributed by atoms with E-state index in [2.05, 4.69) is 5.32 Å². The Bertz CT molecular complexity index is 392. The summed E-state index contributed by atoms with van der Waals surface area (Å²) in [6.07, 6.45) is 1.99. The third-order valence-electron chi connectivity index (χ3n) is 3.28. The maximum absolute atomic E-state index is 12.2. The molecule has 0 aliphatic heterocycles. The molecule has 2 rings (SSSR count). The topological polar surface area (TPSA) is 32.3 Å². The molecule has 5 heteroatoms. The van der Waals surface area contributed by atoms with E-state index in [9.17, 15) is 13.9 Å². The van der Waals surface area contributed by atoms with Gasteiger partial charge in [-0.1, -0.05) is 23.9 Å². The molecule has 2 nitrogen and oxygen atoms in total. The van der Waals surface area contributed by atoms with Gasteiger partial charge in [-0.2, -0.15) is 8.78 Å². The Balaban J connectivity index is 1.96. The molecule has 0 radical (unpaired) electrons. The lowest BCUT2D eigenvalue weighted by molar-refractivity contribution is 0.221. The Labute approximate surface area is 110 Å². The van der Waals surface area contributed by atoms with E-state index >= 15 is 0 Å². The van der Waals surface area contributed by atoms with Crippen LogP contribution in [-0.2, 0) is 0 Å². The van der Waals surface area contributed by atoms with Crippen molar-refractivity contribution in [2.24, 2.45) is 0 Å². The first-order chi connectivity index (χ1) is 8.54. The molecule has 1 fully saturated rings. The van der Waals surface area contributed by atoms with Gasteiger partial charge >= 0.3 is 0 Å². The van der Waals surface area contributed by atoms with Crippen LogP contribution in [0.4, 0.5) is 8.78 Å². The van der Waals surface area contributed by atoms with Crippen LogP contribution in [0.2, 0.25) is 0 Å². The van der Waals surface area contributed by atoms with Gasteiger partial charge in [0.1, 0.15) is 0 Å². The van der Waals surface area contributed by atoms with E-state index in [1.54, 1.807) is 12.1 Å². The second-order valence-corrected chi connectivity index (χ2v) is 5.82. The highest BCUT2D eigenvalue weighted by Crippen LogP contribution is 2.37. The summed E-state index contributed by atoms with van der Waals surface area (Å²) in [5.74, 6) is -2.38. The zero-order chi connectivity index (χ0) is 13.2. The van der Waals surface area contributed by atoms with Gasteiger partial charge in [0.25, 0.3) is 5.76 Å². The van der Waals surface area contributed by atoms with Crippen molar-refractivity contribution >= 4 is 11.8 Å². The normalized spacial score (nSPS) is 18.9. The highest BCUT2D eigenvalue weighted by molar-refractivity contribution is 7.99. The molecule has 2 N–H and O–H groups in total. The largest absolute Gasteiger partial charge is 0.394 e. The summed E-state index contributed by atoms with van der Waals surface area (Å²) in [5.41, 5.74) is 0.934. The molecule has 1 aliphatic carbocycles. The molecule has 100 valence electrons. The molecule has 1 aromatic rings. The minimum Gasteiger partial charge on any atom is -0.394 e. The number of rotatable bonds is 6. The van der Waals surface area contributed by atoms with Crippen LogP contribution in [0.3, 0.4) is 0 Å².